The molecule has 1 saturated heterocycles. The van der Waals surface area contributed by atoms with E-state index in [1.165, 1.54) is 0 Å². The minimum Gasteiger partial charge on any atom is -0.389 e. The average Bonchev–Trinajstić information content (AvgIpc) is 2.33. The van der Waals surface area contributed by atoms with Crippen molar-refractivity contribution in [2.75, 3.05) is 18.0 Å². The number of hydrogen-bond acceptors (Lipinski definition) is 4. The predicted molar refractivity (Wildman–Crippen MR) is 74.6 cm³/mol. The highest BCUT2D eigenvalue weighted by molar-refractivity contribution is 7.80. The summed E-state index contributed by atoms with van der Waals surface area (Å²) in [7, 11) is 0. The first-order valence-electron chi connectivity index (χ1n) is 5.75. The van der Waals surface area contributed by atoms with Crippen molar-refractivity contribution in [2.45, 2.75) is 19.4 Å². The summed E-state index contributed by atoms with van der Waals surface area (Å²) in [4.78, 5) is 18.5. The highest BCUT2D eigenvalue weighted by Crippen LogP contribution is 2.24. The van der Waals surface area contributed by atoms with Crippen molar-refractivity contribution in [2.24, 2.45) is 5.73 Å². The van der Waals surface area contributed by atoms with Gasteiger partial charge in [0.05, 0.1) is 0 Å². The van der Waals surface area contributed by atoms with Gasteiger partial charge in [-0.2, -0.15) is 0 Å². The van der Waals surface area contributed by atoms with Crippen LogP contribution < -0.4 is 16.0 Å². The van der Waals surface area contributed by atoms with Crippen LogP contribution in [0.3, 0.4) is 0 Å². The van der Waals surface area contributed by atoms with Crippen LogP contribution in [0.15, 0.2) is 18.3 Å². The van der Waals surface area contributed by atoms with E-state index in [1.807, 2.05) is 30.9 Å². The molecule has 0 aromatic carbocycles. The Morgan fingerprint density at radius 3 is 2.83 bits per heavy atom. The molecule has 0 atom stereocenters. The smallest absolute Gasteiger partial charge is 0.245 e. The highest BCUT2D eigenvalue weighted by Gasteiger charge is 2.38. The molecule has 0 saturated carbocycles. The molecule has 5 nitrogen and oxygen atoms in total. The van der Waals surface area contributed by atoms with Crippen LogP contribution in [0.25, 0.3) is 0 Å². The minimum absolute atomic E-state index is 0.00831. The predicted octanol–water partition coefficient (Wildman–Crippen LogP) is 0.431. The lowest BCUT2D eigenvalue weighted by atomic mass is 9.99. The molecule has 1 aliphatic heterocycles. The Balaban J connectivity index is 2.30. The number of nitrogens with zero attached hydrogens (tertiary/aromatic N) is 2. The van der Waals surface area contributed by atoms with Gasteiger partial charge in [-0.25, -0.2) is 4.98 Å². The van der Waals surface area contributed by atoms with E-state index in [9.17, 15) is 4.79 Å². The molecule has 0 radical (unpaired) electrons. The molecule has 1 aliphatic rings. The van der Waals surface area contributed by atoms with Gasteiger partial charge < -0.3 is 16.0 Å². The Kier molecular flexibility index (Phi) is 3.21. The molecule has 0 aliphatic carbocycles. The van der Waals surface area contributed by atoms with Gasteiger partial charge in [0.2, 0.25) is 5.91 Å². The van der Waals surface area contributed by atoms with Crippen LogP contribution >= 0.6 is 12.2 Å². The second-order valence-electron chi connectivity index (χ2n) is 4.74. The maximum Gasteiger partial charge on any atom is 0.245 e. The highest BCUT2D eigenvalue weighted by atomic mass is 32.1. The van der Waals surface area contributed by atoms with Crippen LogP contribution in [0, 0.1) is 0 Å². The molecule has 96 valence electrons. The summed E-state index contributed by atoms with van der Waals surface area (Å²) < 4.78 is 0. The topological polar surface area (TPSA) is 71.2 Å². The van der Waals surface area contributed by atoms with Gasteiger partial charge in [0.1, 0.15) is 16.3 Å². The van der Waals surface area contributed by atoms with Crippen molar-refractivity contribution in [3.05, 3.63) is 23.9 Å². The van der Waals surface area contributed by atoms with Gasteiger partial charge in [0.25, 0.3) is 0 Å². The Bertz CT molecular complexity index is 483. The molecule has 1 amide bonds. The number of carbonyl (C=O) groups excluding carboxylic acids is 1. The maximum atomic E-state index is 11.9. The molecule has 0 unspecified atom stereocenters. The molecule has 1 aromatic heterocycles. The van der Waals surface area contributed by atoms with Crippen molar-refractivity contribution in [3.8, 4) is 0 Å². The largest absolute Gasteiger partial charge is 0.389 e. The van der Waals surface area contributed by atoms with Gasteiger partial charge in [0, 0.05) is 24.8 Å². The van der Waals surface area contributed by atoms with Gasteiger partial charge in [0.15, 0.2) is 0 Å². The molecule has 1 fully saturated rings. The Hall–Kier alpha value is -1.69. The molecule has 2 heterocycles. The zero-order valence-electron chi connectivity index (χ0n) is 10.4. The Labute approximate surface area is 111 Å². The van der Waals surface area contributed by atoms with Crippen LogP contribution in [0.2, 0.25) is 0 Å². The lowest BCUT2D eigenvalue weighted by molar-refractivity contribution is -0.126. The molecule has 18 heavy (non-hydrogen) atoms. The van der Waals surface area contributed by atoms with E-state index in [2.05, 4.69) is 10.3 Å². The van der Waals surface area contributed by atoms with Crippen molar-refractivity contribution in [1.29, 1.82) is 0 Å². The molecular weight excluding hydrogens is 248 g/mol. The number of hydrogen-bond donors (Lipinski definition) is 2. The van der Waals surface area contributed by atoms with Crippen molar-refractivity contribution in [3.63, 3.8) is 0 Å². The van der Waals surface area contributed by atoms with Crippen LogP contribution in [0.5, 0.6) is 0 Å². The summed E-state index contributed by atoms with van der Waals surface area (Å²) in [6, 6.07) is 3.67. The zero-order chi connectivity index (χ0) is 13.3. The van der Waals surface area contributed by atoms with Gasteiger partial charge >= 0.3 is 0 Å². The summed E-state index contributed by atoms with van der Waals surface area (Å²) in [6.45, 7) is 5.12. The molecule has 3 N–H and O–H groups in total. The average molecular weight is 264 g/mol. The molecule has 0 bridgehead atoms. The SMILES string of the molecule is CC1(C)C(=O)NCCN1c1ccc(C(N)=S)cn1. The fourth-order valence-corrected chi connectivity index (χ4v) is 2.11. The third-order valence-electron chi connectivity index (χ3n) is 3.16. The lowest BCUT2D eigenvalue weighted by Crippen LogP contribution is -2.62. The second-order valence-corrected chi connectivity index (χ2v) is 5.18. The maximum absolute atomic E-state index is 11.9. The minimum atomic E-state index is -0.601. The zero-order valence-corrected chi connectivity index (χ0v) is 11.3. The first kappa shape index (κ1) is 12.8. The summed E-state index contributed by atoms with van der Waals surface area (Å²) >= 11 is 4.89. The Morgan fingerprint density at radius 1 is 1.56 bits per heavy atom. The lowest BCUT2D eigenvalue weighted by Gasteiger charge is -2.42. The normalized spacial score (nSPS) is 18.3. The van der Waals surface area contributed by atoms with Gasteiger partial charge in [-0.1, -0.05) is 12.2 Å². The van der Waals surface area contributed by atoms with Crippen molar-refractivity contribution < 1.29 is 4.79 Å². The van der Waals surface area contributed by atoms with E-state index < -0.39 is 5.54 Å². The van der Waals surface area contributed by atoms with E-state index in [0.717, 1.165) is 17.9 Å². The molecule has 1 aromatic rings. The fraction of sp³-hybridized carbons (Fsp3) is 0.417. The number of nitrogens with two attached hydrogens (primary N) is 1. The summed E-state index contributed by atoms with van der Waals surface area (Å²) in [5, 5.41) is 2.85. The number of aromatic nitrogens is 1. The Morgan fingerprint density at radius 2 is 2.28 bits per heavy atom. The molecule has 2 rings (SSSR count). The van der Waals surface area contributed by atoms with E-state index in [4.69, 9.17) is 18.0 Å². The number of nitrogens with one attached hydrogen (secondary N) is 1. The van der Waals surface area contributed by atoms with Crippen LogP contribution in [0.1, 0.15) is 19.4 Å². The number of pyridine rings is 1. The first-order valence-corrected chi connectivity index (χ1v) is 6.15. The van der Waals surface area contributed by atoms with Gasteiger partial charge in [-0.3, -0.25) is 4.79 Å². The van der Waals surface area contributed by atoms with Gasteiger partial charge in [-0.15, -0.1) is 0 Å². The van der Waals surface area contributed by atoms with Gasteiger partial charge in [-0.05, 0) is 26.0 Å². The molecule has 6 heteroatoms. The number of carbonyl (C=O) groups is 1. The number of piperazine rings is 1. The number of thiocarbonyl (C=S) groups is 1. The quantitative estimate of drug-likeness (QED) is 0.758. The van der Waals surface area contributed by atoms with Crippen molar-refractivity contribution >= 4 is 28.9 Å². The number of anilines is 1. The number of amides is 1. The van der Waals surface area contributed by atoms with E-state index in [1.54, 1.807) is 6.20 Å². The van der Waals surface area contributed by atoms with E-state index in [0.29, 0.717) is 11.5 Å². The summed E-state index contributed by atoms with van der Waals surface area (Å²) in [6.07, 6.45) is 1.64. The van der Waals surface area contributed by atoms with Crippen LogP contribution in [-0.4, -0.2) is 34.5 Å². The third kappa shape index (κ3) is 2.15. The second kappa shape index (κ2) is 4.53. The fourth-order valence-electron chi connectivity index (χ4n) is 1.99. The van der Waals surface area contributed by atoms with Crippen molar-refractivity contribution in [1.82, 2.24) is 10.3 Å². The van der Waals surface area contributed by atoms with Crippen LogP contribution in [-0.2, 0) is 4.79 Å². The number of rotatable bonds is 2. The van der Waals surface area contributed by atoms with Crippen LogP contribution in [0.4, 0.5) is 5.82 Å². The molecule has 0 spiro atoms. The molecular formula is C12H16N4OS. The summed E-state index contributed by atoms with van der Waals surface area (Å²) in [5.41, 5.74) is 5.66. The monoisotopic (exact) mass is 264 g/mol. The third-order valence-corrected chi connectivity index (χ3v) is 3.40. The van der Waals surface area contributed by atoms with E-state index in [-0.39, 0.29) is 5.91 Å². The summed E-state index contributed by atoms with van der Waals surface area (Å²) in [5.74, 6) is 0.767. The standard InChI is InChI=1S/C12H16N4OS/c1-12(2)11(17)14-5-6-16(12)9-4-3-8(7-15-9)10(13)18/h3-4,7H,5-6H2,1-2H3,(H2,13,18)(H,14,17). The van der Waals surface area contributed by atoms with E-state index >= 15 is 0 Å². The first-order chi connectivity index (χ1) is 8.43.